The molecule has 2 N–H and O–H groups in total. The number of hydrogen-bond acceptors (Lipinski definition) is 5. The molecule has 1 atom stereocenters. The van der Waals surface area contributed by atoms with Gasteiger partial charge in [0.25, 0.3) is 0 Å². The Bertz CT molecular complexity index is 528. The second-order valence-corrected chi connectivity index (χ2v) is 5.82. The molecule has 2 rings (SSSR count). The molecular weight excluding hydrogens is 272 g/mol. The van der Waals surface area contributed by atoms with Gasteiger partial charge in [0, 0.05) is 19.7 Å². The summed E-state index contributed by atoms with van der Waals surface area (Å²) in [5, 5.41) is 9.13. The van der Waals surface area contributed by atoms with Crippen LogP contribution in [-0.4, -0.2) is 48.6 Å². The highest BCUT2D eigenvalue weighted by Crippen LogP contribution is 2.29. The fraction of sp³-hybridized carbons (Fsp3) is 0.643. The van der Waals surface area contributed by atoms with E-state index in [1.54, 1.807) is 20.0 Å². The van der Waals surface area contributed by atoms with Crippen LogP contribution in [-0.2, 0) is 9.59 Å². The molecule has 7 nitrogen and oxygen atoms in total. The van der Waals surface area contributed by atoms with Crippen LogP contribution in [0.3, 0.4) is 0 Å². The molecule has 0 bridgehead atoms. The first-order chi connectivity index (χ1) is 9.93. The van der Waals surface area contributed by atoms with Crippen LogP contribution < -0.4 is 10.6 Å². The Balaban J connectivity index is 1.90. The first-order valence-corrected chi connectivity index (χ1v) is 7.11. The average Bonchev–Trinajstić information content (AvgIpc) is 2.83. The van der Waals surface area contributed by atoms with Gasteiger partial charge in [-0.3, -0.25) is 14.5 Å². The van der Waals surface area contributed by atoms with Gasteiger partial charge in [-0.15, -0.1) is 0 Å². The summed E-state index contributed by atoms with van der Waals surface area (Å²) in [6.45, 7) is 5.35. The molecule has 1 fully saturated rings. The van der Waals surface area contributed by atoms with E-state index in [-0.39, 0.29) is 18.4 Å². The van der Waals surface area contributed by atoms with Gasteiger partial charge in [0.15, 0.2) is 5.82 Å². The molecule has 2 amide bonds. The molecule has 7 heteroatoms. The molecule has 0 aliphatic carbocycles. The quantitative estimate of drug-likeness (QED) is 0.856. The number of nitrogens with one attached hydrogen (secondary N) is 2. The molecule has 1 aliphatic heterocycles. The summed E-state index contributed by atoms with van der Waals surface area (Å²) in [7, 11) is 1.64. The van der Waals surface area contributed by atoms with E-state index in [0.29, 0.717) is 18.1 Å². The van der Waals surface area contributed by atoms with Crippen LogP contribution in [0, 0.1) is 12.3 Å². The number of piperidine rings is 1. The van der Waals surface area contributed by atoms with Crippen molar-refractivity contribution >= 4 is 17.6 Å². The van der Waals surface area contributed by atoms with E-state index in [1.807, 2.05) is 11.8 Å². The Kier molecular flexibility index (Phi) is 4.62. The molecule has 1 aromatic rings. The lowest BCUT2D eigenvalue weighted by Gasteiger charge is -2.38. The van der Waals surface area contributed by atoms with Gasteiger partial charge in [-0.2, -0.15) is 0 Å². The second kappa shape index (κ2) is 6.26. The summed E-state index contributed by atoms with van der Waals surface area (Å²) in [6, 6.07) is 1.67. The van der Waals surface area contributed by atoms with Crippen molar-refractivity contribution in [2.24, 2.45) is 5.41 Å². The van der Waals surface area contributed by atoms with Gasteiger partial charge in [0.1, 0.15) is 5.76 Å². The monoisotopic (exact) mass is 294 g/mol. The Morgan fingerprint density at radius 1 is 1.52 bits per heavy atom. The molecule has 1 aromatic heterocycles. The first-order valence-electron chi connectivity index (χ1n) is 7.11. The number of nitrogens with zero attached hydrogens (tertiary/aromatic N) is 2. The van der Waals surface area contributed by atoms with Crippen LogP contribution in [0.1, 0.15) is 25.5 Å². The van der Waals surface area contributed by atoms with Gasteiger partial charge in [0.2, 0.25) is 11.8 Å². The molecular formula is C14H22N4O3. The molecule has 0 spiro atoms. The summed E-state index contributed by atoms with van der Waals surface area (Å²) >= 11 is 0. The van der Waals surface area contributed by atoms with Crippen molar-refractivity contribution in [3.63, 3.8) is 0 Å². The summed E-state index contributed by atoms with van der Waals surface area (Å²) in [5.41, 5.74) is -0.433. The molecule has 0 radical (unpaired) electrons. The van der Waals surface area contributed by atoms with Crippen molar-refractivity contribution in [1.29, 1.82) is 0 Å². The van der Waals surface area contributed by atoms with Crippen molar-refractivity contribution in [1.82, 2.24) is 15.4 Å². The van der Waals surface area contributed by atoms with Crippen molar-refractivity contribution in [2.75, 3.05) is 32.0 Å². The van der Waals surface area contributed by atoms with Gasteiger partial charge in [-0.1, -0.05) is 5.16 Å². The van der Waals surface area contributed by atoms with Crippen LogP contribution in [0.25, 0.3) is 0 Å². The Hall–Kier alpha value is -1.89. The Morgan fingerprint density at radius 2 is 2.29 bits per heavy atom. The number of aromatic nitrogens is 1. The van der Waals surface area contributed by atoms with E-state index < -0.39 is 5.41 Å². The highest BCUT2D eigenvalue weighted by molar-refractivity contribution is 5.91. The van der Waals surface area contributed by atoms with Crippen LogP contribution in [0.5, 0.6) is 0 Å². The predicted molar refractivity (Wildman–Crippen MR) is 77.7 cm³/mol. The molecule has 2 heterocycles. The van der Waals surface area contributed by atoms with E-state index in [0.717, 1.165) is 19.4 Å². The van der Waals surface area contributed by atoms with E-state index in [2.05, 4.69) is 15.8 Å². The normalized spacial score (nSPS) is 22.8. The van der Waals surface area contributed by atoms with Gasteiger partial charge < -0.3 is 15.2 Å². The number of carbonyl (C=O) groups is 2. The van der Waals surface area contributed by atoms with Crippen molar-refractivity contribution in [2.45, 2.75) is 26.7 Å². The van der Waals surface area contributed by atoms with Gasteiger partial charge in [0.05, 0.1) is 12.0 Å². The maximum atomic E-state index is 12.0. The summed E-state index contributed by atoms with van der Waals surface area (Å²) < 4.78 is 4.90. The largest absolute Gasteiger partial charge is 0.360 e. The zero-order valence-corrected chi connectivity index (χ0v) is 12.7. The number of aryl methyl sites for hydroxylation is 1. The molecule has 0 aromatic carbocycles. The fourth-order valence-corrected chi connectivity index (χ4v) is 2.78. The number of hydrogen-bond donors (Lipinski definition) is 2. The van der Waals surface area contributed by atoms with Crippen molar-refractivity contribution in [3.8, 4) is 0 Å². The minimum Gasteiger partial charge on any atom is -0.360 e. The maximum Gasteiger partial charge on any atom is 0.239 e. The number of carbonyl (C=O) groups excluding carboxylic acids is 2. The van der Waals surface area contributed by atoms with Crippen LogP contribution in [0.15, 0.2) is 10.6 Å². The number of likely N-dealkylation sites (tertiary alicyclic amines) is 1. The Labute approximate surface area is 124 Å². The van der Waals surface area contributed by atoms with E-state index in [1.165, 1.54) is 0 Å². The number of amides is 2. The topological polar surface area (TPSA) is 87.5 Å². The molecule has 1 aliphatic rings. The zero-order valence-electron chi connectivity index (χ0n) is 12.7. The number of anilines is 1. The lowest BCUT2D eigenvalue weighted by Crippen LogP contribution is -2.51. The van der Waals surface area contributed by atoms with E-state index in [4.69, 9.17) is 4.52 Å². The minimum atomic E-state index is -0.433. The van der Waals surface area contributed by atoms with Gasteiger partial charge in [-0.05, 0) is 33.2 Å². The van der Waals surface area contributed by atoms with Crippen LogP contribution in [0.4, 0.5) is 5.82 Å². The van der Waals surface area contributed by atoms with Crippen molar-refractivity contribution in [3.05, 3.63) is 11.8 Å². The lowest BCUT2D eigenvalue weighted by molar-refractivity contribution is -0.133. The summed E-state index contributed by atoms with van der Waals surface area (Å²) in [5.74, 6) is 0.947. The van der Waals surface area contributed by atoms with Gasteiger partial charge >= 0.3 is 0 Å². The average molecular weight is 294 g/mol. The molecule has 116 valence electrons. The lowest BCUT2D eigenvalue weighted by atomic mass is 9.81. The highest BCUT2D eigenvalue weighted by Gasteiger charge is 2.37. The maximum absolute atomic E-state index is 12.0. The smallest absolute Gasteiger partial charge is 0.239 e. The first kappa shape index (κ1) is 15.5. The zero-order chi connectivity index (χ0) is 15.5. The minimum absolute atomic E-state index is 0.0275. The fourth-order valence-electron chi connectivity index (χ4n) is 2.78. The third-order valence-electron chi connectivity index (χ3n) is 3.81. The third kappa shape index (κ3) is 3.81. The molecule has 1 unspecified atom stereocenters. The summed E-state index contributed by atoms with van der Waals surface area (Å²) in [4.78, 5) is 26.0. The molecule has 21 heavy (non-hydrogen) atoms. The Morgan fingerprint density at radius 3 is 2.90 bits per heavy atom. The second-order valence-electron chi connectivity index (χ2n) is 5.82. The van der Waals surface area contributed by atoms with Crippen LogP contribution >= 0.6 is 0 Å². The highest BCUT2D eigenvalue weighted by atomic mass is 16.5. The van der Waals surface area contributed by atoms with E-state index in [9.17, 15) is 9.59 Å². The van der Waals surface area contributed by atoms with Crippen LogP contribution in [0.2, 0.25) is 0 Å². The molecule has 1 saturated heterocycles. The molecule has 0 saturated carbocycles. The SMILES string of the molecule is CNC(=O)C1(C)CCCN(CC(=O)Nc2cc(C)on2)C1. The van der Waals surface area contributed by atoms with E-state index >= 15 is 0 Å². The summed E-state index contributed by atoms with van der Waals surface area (Å²) in [6.07, 6.45) is 1.74. The number of rotatable bonds is 4. The van der Waals surface area contributed by atoms with Crippen molar-refractivity contribution < 1.29 is 14.1 Å². The third-order valence-corrected chi connectivity index (χ3v) is 3.81. The van der Waals surface area contributed by atoms with Gasteiger partial charge in [-0.25, -0.2) is 0 Å². The standard InChI is InChI=1S/C14H22N4O3/c1-10-7-11(17-21-10)16-12(19)8-18-6-4-5-14(2,9-18)13(20)15-3/h7H,4-6,8-9H2,1-3H3,(H,15,20)(H,16,17,19). The predicted octanol–water partition coefficient (Wildman–Crippen LogP) is 0.770.